The lowest BCUT2D eigenvalue weighted by Gasteiger charge is -2.36. The van der Waals surface area contributed by atoms with Gasteiger partial charge in [-0.15, -0.1) is 6.58 Å². The quantitative estimate of drug-likeness (QED) is 0.656. The summed E-state index contributed by atoms with van der Waals surface area (Å²) < 4.78 is 28.1. The number of hydrogen-bond donors (Lipinski definition) is 0. The molecular weight excluding hydrogens is 212 g/mol. The van der Waals surface area contributed by atoms with E-state index in [-0.39, 0.29) is 24.4 Å². The molecule has 16 heavy (non-hydrogen) atoms. The average Bonchev–Trinajstić information content (AvgIpc) is 2.79. The van der Waals surface area contributed by atoms with Gasteiger partial charge in [0.05, 0.1) is 19.8 Å². The molecule has 0 amide bonds. The summed E-state index contributed by atoms with van der Waals surface area (Å²) in [6, 6.07) is 0. The normalized spacial score (nSPS) is 50.3. The molecule has 5 atom stereocenters. The summed E-state index contributed by atoms with van der Waals surface area (Å²) in [6.45, 7) is 6.97. The van der Waals surface area contributed by atoms with Crippen molar-refractivity contribution in [3.05, 3.63) is 12.7 Å². The highest BCUT2D eigenvalue weighted by Crippen LogP contribution is 2.40. The van der Waals surface area contributed by atoms with E-state index in [9.17, 15) is 0 Å². The molecule has 0 spiro atoms. The van der Waals surface area contributed by atoms with E-state index in [0.717, 1.165) is 0 Å². The van der Waals surface area contributed by atoms with Gasteiger partial charge in [-0.3, -0.25) is 0 Å². The third kappa shape index (κ3) is 1.59. The minimum absolute atomic E-state index is 0.0407. The van der Waals surface area contributed by atoms with E-state index >= 15 is 0 Å². The molecule has 5 nitrogen and oxygen atoms in total. The molecule has 90 valence electrons. The molecule has 0 aromatic heterocycles. The van der Waals surface area contributed by atoms with Crippen molar-refractivity contribution in [2.24, 2.45) is 0 Å². The van der Waals surface area contributed by atoms with Crippen LogP contribution in [0.15, 0.2) is 12.7 Å². The fourth-order valence-corrected chi connectivity index (χ4v) is 2.45. The van der Waals surface area contributed by atoms with E-state index in [1.54, 1.807) is 13.0 Å². The van der Waals surface area contributed by atoms with E-state index in [1.165, 1.54) is 0 Å². The van der Waals surface area contributed by atoms with Crippen LogP contribution in [-0.2, 0) is 23.7 Å². The van der Waals surface area contributed by atoms with Crippen molar-refractivity contribution in [2.75, 3.05) is 19.8 Å². The van der Waals surface area contributed by atoms with E-state index in [1.807, 2.05) is 0 Å². The zero-order valence-electron chi connectivity index (χ0n) is 9.26. The molecule has 3 aliphatic heterocycles. The van der Waals surface area contributed by atoms with Gasteiger partial charge in [-0.2, -0.15) is 0 Å². The third-order valence-electron chi connectivity index (χ3n) is 3.16. The third-order valence-corrected chi connectivity index (χ3v) is 3.16. The minimum atomic E-state index is -0.921. The van der Waals surface area contributed by atoms with Gasteiger partial charge in [0.15, 0.2) is 0 Å². The topological polar surface area (TPSA) is 46.2 Å². The molecule has 0 saturated carbocycles. The molecule has 3 fully saturated rings. The Morgan fingerprint density at radius 2 is 2.25 bits per heavy atom. The number of fused-ring (bicyclic) bond motifs is 4. The fourth-order valence-electron chi connectivity index (χ4n) is 2.45. The summed E-state index contributed by atoms with van der Waals surface area (Å²) in [4.78, 5) is 0. The Bertz CT molecular complexity index is 294. The van der Waals surface area contributed by atoms with Crippen molar-refractivity contribution in [1.29, 1.82) is 0 Å². The number of rotatable bonds is 3. The van der Waals surface area contributed by atoms with Gasteiger partial charge in [0, 0.05) is 6.92 Å². The second-order valence-electron chi connectivity index (χ2n) is 4.37. The van der Waals surface area contributed by atoms with E-state index in [2.05, 4.69) is 6.58 Å². The van der Waals surface area contributed by atoms with Crippen LogP contribution in [0.25, 0.3) is 0 Å². The predicted molar refractivity (Wildman–Crippen MR) is 53.8 cm³/mol. The van der Waals surface area contributed by atoms with Gasteiger partial charge in [0.1, 0.15) is 24.4 Å². The summed E-state index contributed by atoms with van der Waals surface area (Å²) in [7, 11) is 0. The van der Waals surface area contributed by atoms with Crippen LogP contribution in [-0.4, -0.2) is 50.2 Å². The molecule has 3 saturated heterocycles. The fraction of sp³-hybridized carbons (Fsp3) is 0.818. The van der Waals surface area contributed by atoms with Crippen molar-refractivity contribution in [3.63, 3.8) is 0 Å². The lowest BCUT2D eigenvalue weighted by atomic mass is 10.1. The highest BCUT2D eigenvalue weighted by atomic mass is 16.9. The van der Waals surface area contributed by atoms with Crippen LogP contribution in [0.4, 0.5) is 0 Å². The predicted octanol–water partition coefficient (Wildman–Crippen LogP) is 0.444. The molecule has 0 aliphatic carbocycles. The van der Waals surface area contributed by atoms with Crippen LogP contribution in [0.5, 0.6) is 0 Å². The molecular formula is C11H16O5. The van der Waals surface area contributed by atoms with Gasteiger partial charge >= 0.3 is 0 Å². The molecule has 5 heteroatoms. The first-order valence-corrected chi connectivity index (χ1v) is 5.55. The largest absolute Gasteiger partial charge is 0.370 e. The Kier molecular flexibility index (Phi) is 2.53. The Labute approximate surface area is 94.2 Å². The van der Waals surface area contributed by atoms with Crippen molar-refractivity contribution in [1.82, 2.24) is 0 Å². The van der Waals surface area contributed by atoms with E-state index in [4.69, 9.17) is 23.7 Å². The average molecular weight is 228 g/mol. The standard InChI is InChI=1S/C11H16O5/c1-3-4-12-7-5-13-9-8-6-14-11(2,15-8)16-10(7)9/h3,7-10H,1,4-6H2,2H3/t7-,8-,9+,10+,11?/m0/s1. The Morgan fingerprint density at radius 1 is 1.38 bits per heavy atom. The molecule has 2 bridgehead atoms. The number of hydrogen-bond acceptors (Lipinski definition) is 5. The Morgan fingerprint density at radius 3 is 3.06 bits per heavy atom. The van der Waals surface area contributed by atoms with Gasteiger partial charge < -0.3 is 23.7 Å². The SMILES string of the molecule is C=CCO[C@H]1CO[C@H]2[C@@H]1OC1(C)OC[C@@H]2O1. The van der Waals surface area contributed by atoms with Crippen molar-refractivity contribution in [3.8, 4) is 0 Å². The lowest BCUT2D eigenvalue weighted by molar-refractivity contribution is -0.378. The monoisotopic (exact) mass is 228 g/mol. The van der Waals surface area contributed by atoms with Crippen LogP contribution in [0.3, 0.4) is 0 Å². The molecule has 3 heterocycles. The zero-order chi connectivity index (χ0) is 11.2. The van der Waals surface area contributed by atoms with Crippen LogP contribution in [0, 0.1) is 0 Å². The van der Waals surface area contributed by atoms with Crippen molar-refractivity contribution >= 4 is 0 Å². The van der Waals surface area contributed by atoms with Crippen LogP contribution in [0.2, 0.25) is 0 Å². The van der Waals surface area contributed by atoms with Gasteiger partial charge in [-0.05, 0) is 0 Å². The molecule has 3 rings (SSSR count). The Balaban J connectivity index is 1.72. The summed E-state index contributed by atoms with van der Waals surface area (Å²) in [5.74, 6) is -0.921. The second-order valence-corrected chi connectivity index (χ2v) is 4.37. The first-order chi connectivity index (χ1) is 7.72. The maximum Gasteiger partial charge on any atom is 0.280 e. The van der Waals surface area contributed by atoms with Crippen LogP contribution in [0.1, 0.15) is 6.92 Å². The second kappa shape index (κ2) is 3.78. The van der Waals surface area contributed by atoms with Crippen LogP contribution >= 0.6 is 0 Å². The first kappa shape index (κ1) is 10.7. The summed E-state index contributed by atoms with van der Waals surface area (Å²) >= 11 is 0. The van der Waals surface area contributed by atoms with Crippen molar-refractivity contribution < 1.29 is 23.7 Å². The maximum atomic E-state index is 5.77. The minimum Gasteiger partial charge on any atom is -0.370 e. The molecule has 3 aliphatic rings. The molecule has 0 radical (unpaired) electrons. The van der Waals surface area contributed by atoms with E-state index in [0.29, 0.717) is 19.8 Å². The summed E-state index contributed by atoms with van der Waals surface area (Å²) in [6.07, 6.45) is 1.44. The molecule has 0 aromatic carbocycles. The first-order valence-electron chi connectivity index (χ1n) is 5.55. The highest BCUT2D eigenvalue weighted by Gasteiger charge is 2.57. The molecule has 0 aromatic rings. The van der Waals surface area contributed by atoms with Gasteiger partial charge in [-0.25, -0.2) is 0 Å². The van der Waals surface area contributed by atoms with E-state index < -0.39 is 5.97 Å². The van der Waals surface area contributed by atoms with Gasteiger partial charge in [0.25, 0.3) is 5.97 Å². The van der Waals surface area contributed by atoms with Crippen LogP contribution < -0.4 is 0 Å². The molecule has 1 unspecified atom stereocenters. The maximum absolute atomic E-state index is 5.77. The summed E-state index contributed by atoms with van der Waals surface area (Å²) in [5.41, 5.74) is 0. The number of ether oxygens (including phenoxy) is 5. The zero-order valence-corrected chi connectivity index (χ0v) is 9.26. The molecule has 0 N–H and O–H groups in total. The highest BCUT2D eigenvalue weighted by molar-refractivity contribution is 4.97. The van der Waals surface area contributed by atoms with Gasteiger partial charge in [0.2, 0.25) is 0 Å². The Hall–Kier alpha value is -0.460. The van der Waals surface area contributed by atoms with Gasteiger partial charge in [-0.1, -0.05) is 6.08 Å². The smallest absolute Gasteiger partial charge is 0.280 e. The lowest BCUT2D eigenvalue weighted by Crippen LogP contribution is -2.52. The summed E-state index contributed by atoms with van der Waals surface area (Å²) in [5, 5.41) is 0. The van der Waals surface area contributed by atoms with Crippen molar-refractivity contribution in [2.45, 2.75) is 37.3 Å².